The summed E-state index contributed by atoms with van der Waals surface area (Å²) in [4.78, 5) is 5.24. The Balaban J connectivity index is 2.63. The van der Waals surface area contributed by atoms with Crippen LogP contribution in [0.5, 0.6) is 0 Å². The number of hydrogen-bond donors (Lipinski definition) is 1. The average molecular weight is 104 g/mol. The smallest absolute Gasteiger partial charge is 0.0764 e. The van der Waals surface area contributed by atoms with Crippen molar-refractivity contribution in [1.29, 1.82) is 0 Å². The van der Waals surface area contributed by atoms with Crippen molar-refractivity contribution in [3.63, 3.8) is 0 Å². The van der Waals surface area contributed by atoms with E-state index in [-0.39, 0.29) is 0 Å². The fourth-order valence-corrected chi connectivity index (χ4v) is 0.949. The summed E-state index contributed by atoms with van der Waals surface area (Å²) in [6.07, 6.45) is 0. The van der Waals surface area contributed by atoms with Crippen LogP contribution in [0.1, 0.15) is 0 Å². The molecule has 1 N–H and O–H groups in total. The summed E-state index contributed by atoms with van der Waals surface area (Å²) in [7, 11) is 5.19. The Morgan fingerprint density at radius 1 is 1.67 bits per heavy atom. The van der Waals surface area contributed by atoms with Crippen molar-refractivity contribution in [2.24, 2.45) is 0 Å². The molecular formula is C3H12N2Si. The van der Waals surface area contributed by atoms with Crippen LogP contribution in [0.3, 0.4) is 0 Å². The third kappa shape index (κ3) is 4.14. The van der Waals surface area contributed by atoms with Gasteiger partial charge in [0.1, 0.15) is 0 Å². The molecule has 0 unspecified atom stereocenters. The van der Waals surface area contributed by atoms with Crippen LogP contribution in [-0.4, -0.2) is 36.1 Å². The van der Waals surface area contributed by atoms with E-state index in [0.29, 0.717) is 0 Å². The highest BCUT2D eigenvalue weighted by Crippen LogP contribution is 1.60. The molecule has 0 bridgehead atoms. The minimum atomic E-state index is 1.02. The van der Waals surface area contributed by atoms with Crippen LogP contribution in [0.4, 0.5) is 0 Å². The predicted molar refractivity (Wildman–Crippen MR) is 31.6 cm³/mol. The molecule has 0 aromatic carbocycles. The minimum Gasteiger partial charge on any atom is -0.334 e. The summed E-state index contributed by atoms with van der Waals surface area (Å²) >= 11 is 0. The Morgan fingerprint density at radius 3 is 2.17 bits per heavy atom. The average Bonchev–Trinajstić information content (AvgIpc) is 1.35. The fourth-order valence-electron chi connectivity index (χ4n) is 0.316. The molecule has 2 nitrogen and oxygen atoms in total. The molecule has 6 heavy (non-hydrogen) atoms. The van der Waals surface area contributed by atoms with E-state index in [9.17, 15) is 0 Å². The Morgan fingerprint density at radius 2 is 2.17 bits per heavy atom. The lowest BCUT2D eigenvalue weighted by atomic mass is 10.9. The van der Waals surface area contributed by atoms with Crippen LogP contribution in [0.15, 0.2) is 0 Å². The third-order valence-corrected chi connectivity index (χ3v) is 0.791. The normalized spacial score (nSPS) is 10.5. The molecular weight excluding hydrogens is 92.1 g/mol. The number of nitrogens with zero attached hydrogens (tertiary/aromatic N) is 1. The van der Waals surface area contributed by atoms with Crippen LogP contribution >= 0.6 is 0 Å². The van der Waals surface area contributed by atoms with Crippen LogP contribution in [0, 0.1) is 0 Å². The monoisotopic (exact) mass is 104 g/mol. The van der Waals surface area contributed by atoms with E-state index < -0.39 is 0 Å². The van der Waals surface area contributed by atoms with Gasteiger partial charge in [0.05, 0.1) is 10.4 Å². The minimum absolute atomic E-state index is 1.02. The van der Waals surface area contributed by atoms with E-state index in [0.717, 1.165) is 17.1 Å². The van der Waals surface area contributed by atoms with Gasteiger partial charge in [0.15, 0.2) is 0 Å². The fraction of sp³-hybridized carbons (Fsp3) is 1.00. The second-order valence-corrected chi connectivity index (χ2v) is 2.30. The van der Waals surface area contributed by atoms with Gasteiger partial charge in [-0.3, -0.25) is 4.90 Å². The molecule has 38 valence electrons. The summed E-state index contributed by atoms with van der Waals surface area (Å²) in [5.74, 6) is 0. The van der Waals surface area contributed by atoms with E-state index >= 15 is 0 Å². The molecule has 0 saturated heterocycles. The molecule has 0 radical (unpaired) electrons. The van der Waals surface area contributed by atoms with Gasteiger partial charge in [0.25, 0.3) is 0 Å². The number of hydrogen-bond acceptors (Lipinski definition) is 2. The maximum atomic E-state index is 3.13. The molecule has 0 aromatic heterocycles. The van der Waals surface area contributed by atoms with E-state index in [1.807, 2.05) is 14.1 Å². The Labute approximate surface area is 42.0 Å². The molecule has 0 saturated carbocycles. The number of rotatable bonds is 2. The topological polar surface area (TPSA) is 15.3 Å². The predicted octanol–water partition coefficient (Wildman–Crippen LogP) is -1.62. The maximum absolute atomic E-state index is 3.13. The first-order valence-electron chi connectivity index (χ1n) is 2.06. The summed E-state index contributed by atoms with van der Waals surface area (Å²) < 4.78 is 0. The summed E-state index contributed by atoms with van der Waals surface area (Å²) in [6.45, 7) is 1.02. The quantitative estimate of drug-likeness (QED) is 0.334. The SMILES string of the molecule is CN(C)CN[SiH3]. The van der Waals surface area contributed by atoms with Crippen LogP contribution < -0.4 is 4.98 Å². The summed E-state index contributed by atoms with van der Waals surface area (Å²) in [5, 5.41) is 0. The first-order chi connectivity index (χ1) is 2.77. The highest BCUT2D eigenvalue weighted by atomic mass is 28.2. The van der Waals surface area contributed by atoms with Crippen molar-refractivity contribution in [1.82, 2.24) is 9.88 Å². The van der Waals surface area contributed by atoms with Crippen molar-refractivity contribution in [2.75, 3.05) is 20.8 Å². The van der Waals surface area contributed by atoms with Gasteiger partial charge in [0.2, 0.25) is 0 Å². The van der Waals surface area contributed by atoms with Gasteiger partial charge >= 0.3 is 0 Å². The molecule has 0 spiro atoms. The lowest BCUT2D eigenvalue weighted by molar-refractivity contribution is 0.405. The van der Waals surface area contributed by atoms with Gasteiger partial charge in [0, 0.05) is 6.67 Å². The molecule has 0 atom stereocenters. The van der Waals surface area contributed by atoms with Gasteiger partial charge in [-0.2, -0.15) is 0 Å². The van der Waals surface area contributed by atoms with Gasteiger partial charge in [-0.15, -0.1) is 0 Å². The Hall–Kier alpha value is 0.137. The molecule has 0 aliphatic rings. The van der Waals surface area contributed by atoms with Crippen molar-refractivity contribution >= 4 is 10.4 Å². The van der Waals surface area contributed by atoms with Gasteiger partial charge in [-0.1, -0.05) is 0 Å². The van der Waals surface area contributed by atoms with Crippen LogP contribution in [-0.2, 0) is 0 Å². The van der Waals surface area contributed by atoms with E-state index in [1.54, 1.807) is 0 Å². The summed E-state index contributed by atoms with van der Waals surface area (Å²) in [5.41, 5.74) is 0. The van der Waals surface area contributed by atoms with Gasteiger partial charge < -0.3 is 4.98 Å². The highest BCUT2D eigenvalue weighted by Gasteiger charge is 1.77. The van der Waals surface area contributed by atoms with E-state index in [1.165, 1.54) is 0 Å². The Bertz CT molecular complexity index is 30.0. The lowest BCUT2D eigenvalue weighted by Crippen LogP contribution is -2.25. The lowest BCUT2D eigenvalue weighted by Gasteiger charge is -2.05. The second-order valence-electron chi connectivity index (χ2n) is 1.59. The van der Waals surface area contributed by atoms with E-state index in [4.69, 9.17) is 0 Å². The van der Waals surface area contributed by atoms with Gasteiger partial charge in [-0.25, -0.2) is 0 Å². The van der Waals surface area contributed by atoms with E-state index in [2.05, 4.69) is 9.88 Å². The second kappa shape index (κ2) is 3.33. The molecule has 3 heteroatoms. The van der Waals surface area contributed by atoms with Gasteiger partial charge in [-0.05, 0) is 14.1 Å². The highest BCUT2D eigenvalue weighted by molar-refractivity contribution is 6.04. The third-order valence-electron chi connectivity index (χ3n) is 0.474. The zero-order valence-corrected chi connectivity index (χ0v) is 6.65. The zero-order valence-electron chi connectivity index (χ0n) is 4.65. The number of nitrogens with one attached hydrogen (secondary N) is 1. The molecule has 0 rings (SSSR count). The van der Waals surface area contributed by atoms with Crippen molar-refractivity contribution in [3.8, 4) is 0 Å². The van der Waals surface area contributed by atoms with Crippen molar-refractivity contribution < 1.29 is 0 Å². The molecule has 0 aliphatic carbocycles. The molecule has 0 fully saturated rings. The molecule has 0 heterocycles. The van der Waals surface area contributed by atoms with Crippen LogP contribution in [0.2, 0.25) is 0 Å². The first-order valence-corrected chi connectivity index (χ1v) is 3.06. The molecule has 0 aromatic rings. The standard InChI is InChI=1S/C3H12N2Si/c1-5(2)3-4-6/h4H,3H2,1-2,6H3. The summed E-state index contributed by atoms with van der Waals surface area (Å²) in [6, 6.07) is 0. The maximum Gasteiger partial charge on any atom is 0.0764 e. The van der Waals surface area contributed by atoms with Crippen LogP contribution in [0.25, 0.3) is 0 Å². The first kappa shape index (κ1) is 6.14. The molecule has 0 aliphatic heterocycles. The zero-order chi connectivity index (χ0) is 4.99. The van der Waals surface area contributed by atoms with Crippen molar-refractivity contribution in [2.45, 2.75) is 0 Å². The van der Waals surface area contributed by atoms with Crippen molar-refractivity contribution in [3.05, 3.63) is 0 Å². The Kier molecular flexibility index (Phi) is 3.41. The molecule has 0 amide bonds. The largest absolute Gasteiger partial charge is 0.334 e.